The Balaban J connectivity index is 1.28. The van der Waals surface area contributed by atoms with Crippen LogP contribution in [-0.4, -0.2) is 9.97 Å². The number of para-hydroxylation sites is 2. The minimum absolute atomic E-state index is 0.919. The summed E-state index contributed by atoms with van der Waals surface area (Å²) in [5, 5.41) is 6.94. The van der Waals surface area contributed by atoms with Gasteiger partial charge in [-0.15, -0.1) is 0 Å². The van der Waals surface area contributed by atoms with Crippen molar-refractivity contribution in [1.82, 2.24) is 9.97 Å². The van der Waals surface area contributed by atoms with E-state index >= 15 is 0 Å². The first-order valence-corrected chi connectivity index (χ1v) is 12.4. The van der Waals surface area contributed by atoms with Crippen LogP contribution in [0.1, 0.15) is 0 Å². The van der Waals surface area contributed by atoms with Gasteiger partial charge in [0.05, 0.1) is 11.0 Å². The summed E-state index contributed by atoms with van der Waals surface area (Å²) in [5.74, 6) is 0. The van der Waals surface area contributed by atoms with Crippen molar-refractivity contribution in [2.75, 3.05) is 0 Å². The fourth-order valence-electron chi connectivity index (χ4n) is 5.63. The summed E-state index contributed by atoms with van der Waals surface area (Å²) in [6.07, 6.45) is 3.54. The Bertz CT molecular complexity index is 2100. The number of furan rings is 1. The molecule has 0 bridgehead atoms. The van der Waals surface area contributed by atoms with Crippen LogP contribution >= 0.6 is 0 Å². The lowest BCUT2D eigenvalue weighted by molar-refractivity contribution is 0.670. The minimum atomic E-state index is 0.919. The molecule has 0 spiro atoms. The Morgan fingerprint density at radius 3 is 1.86 bits per heavy atom. The Kier molecular flexibility index (Phi) is 4.23. The number of aromatic nitrogens is 2. The van der Waals surface area contributed by atoms with Gasteiger partial charge in [0, 0.05) is 39.5 Å². The van der Waals surface area contributed by atoms with Crippen molar-refractivity contribution in [3.05, 3.63) is 122 Å². The Hall–Kier alpha value is -5.02. The summed E-state index contributed by atoms with van der Waals surface area (Å²) < 4.78 is 6.27. The third kappa shape index (κ3) is 3.01. The standard InChI is InChI=1S/C34H20N2O/c1-2-8-27-25(6-1)30-20-23(16-17-28(30)33-32(27)35-18-19-36-33)21-12-14-22(15-13-21)24-9-5-10-29-26-7-3-4-11-31(26)37-34(24)29/h1-20H. The molecule has 0 unspecified atom stereocenters. The molecule has 0 amide bonds. The highest BCUT2D eigenvalue weighted by molar-refractivity contribution is 6.23. The fourth-order valence-corrected chi connectivity index (χ4v) is 5.63. The van der Waals surface area contributed by atoms with Gasteiger partial charge >= 0.3 is 0 Å². The zero-order chi connectivity index (χ0) is 24.3. The molecule has 6 aromatic carbocycles. The van der Waals surface area contributed by atoms with Crippen LogP contribution in [-0.2, 0) is 0 Å². The summed E-state index contributed by atoms with van der Waals surface area (Å²) >= 11 is 0. The molecule has 8 aromatic rings. The second-order valence-electron chi connectivity index (χ2n) is 9.42. The van der Waals surface area contributed by atoms with Crippen LogP contribution in [0.3, 0.4) is 0 Å². The molecular formula is C34H20N2O. The number of fused-ring (bicyclic) bond motifs is 9. The first-order chi connectivity index (χ1) is 18.3. The molecule has 2 heterocycles. The summed E-state index contributed by atoms with van der Waals surface area (Å²) in [5.41, 5.74) is 8.33. The third-order valence-electron chi connectivity index (χ3n) is 7.38. The predicted molar refractivity (Wildman–Crippen MR) is 153 cm³/mol. The van der Waals surface area contributed by atoms with E-state index in [2.05, 4.69) is 107 Å². The molecule has 2 aromatic heterocycles. The molecule has 0 aliphatic carbocycles. The largest absolute Gasteiger partial charge is 0.455 e. The van der Waals surface area contributed by atoms with Crippen LogP contribution in [0.25, 0.3) is 76.8 Å². The van der Waals surface area contributed by atoms with Gasteiger partial charge in [-0.25, -0.2) is 0 Å². The summed E-state index contributed by atoms with van der Waals surface area (Å²) in [6, 6.07) is 38.4. The van der Waals surface area contributed by atoms with E-state index in [4.69, 9.17) is 4.42 Å². The van der Waals surface area contributed by atoms with Gasteiger partial charge in [-0.05, 0) is 39.6 Å². The third-order valence-corrected chi connectivity index (χ3v) is 7.38. The maximum Gasteiger partial charge on any atom is 0.143 e. The zero-order valence-electron chi connectivity index (χ0n) is 19.8. The van der Waals surface area contributed by atoms with E-state index in [1.807, 2.05) is 12.1 Å². The van der Waals surface area contributed by atoms with Crippen LogP contribution in [0, 0.1) is 0 Å². The fraction of sp³-hybridized carbons (Fsp3) is 0. The molecule has 3 nitrogen and oxygen atoms in total. The lowest BCUT2D eigenvalue weighted by atomic mass is 9.94. The smallest absolute Gasteiger partial charge is 0.143 e. The van der Waals surface area contributed by atoms with Crippen molar-refractivity contribution in [2.45, 2.75) is 0 Å². The van der Waals surface area contributed by atoms with Crippen molar-refractivity contribution in [1.29, 1.82) is 0 Å². The van der Waals surface area contributed by atoms with Gasteiger partial charge < -0.3 is 4.42 Å². The van der Waals surface area contributed by atoms with Gasteiger partial charge in [-0.3, -0.25) is 9.97 Å². The van der Waals surface area contributed by atoms with Crippen molar-refractivity contribution in [3.8, 4) is 22.3 Å². The minimum Gasteiger partial charge on any atom is -0.455 e. The molecule has 0 saturated heterocycles. The predicted octanol–water partition coefficient (Wildman–Crippen LogP) is 9.17. The maximum absolute atomic E-state index is 6.27. The average Bonchev–Trinajstić information content (AvgIpc) is 3.36. The molecular weight excluding hydrogens is 452 g/mol. The van der Waals surface area contributed by atoms with Crippen LogP contribution < -0.4 is 0 Å². The SMILES string of the molecule is c1ccc2c(c1)oc1c(-c3ccc(-c4ccc5c(c4)c4ccccc4c4nccnc54)cc3)cccc12. The van der Waals surface area contributed by atoms with Crippen molar-refractivity contribution >= 4 is 54.5 Å². The Labute approximate surface area is 212 Å². The molecule has 0 N–H and O–H groups in total. The number of nitrogens with zero attached hydrogens (tertiary/aromatic N) is 2. The van der Waals surface area contributed by atoms with Crippen LogP contribution in [0.5, 0.6) is 0 Å². The normalized spacial score (nSPS) is 11.8. The molecule has 0 fully saturated rings. The molecule has 3 heteroatoms. The van der Waals surface area contributed by atoms with E-state index in [0.717, 1.165) is 54.9 Å². The van der Waals surface area contributed by atoms with E-state index in [-0.39, 0.29) is 0 Å². The number of benzene rings is 6. The lowest BCUT2D eigenvalue weighted by Gasteiger charge is -2.11. The molecule has 0 aliphatic rings. The molecule has 0 saturated carbocycles. The van der Waals surface area contributed by atoms with Crippen molar-refractivity contribution in [2.24, 2.45) is 0 Å². The Morgan fingerprint density at radius 2 is 1.05 bits per heavy atom. The first kappa shape index (κ1) is 20.2. The van der Waals surface area contributed by atoms with E-state index in [9.17, 15) is 0 Å². The monoisotopic (exact) mass is 472 g/mol. The summed E-state index contributed by atoms with van der Waals surface area (Å²) in [7, 11) is 0. The number of hydrogen-bond acceptors (Lipinski definition) is 3. The highest BCUT2D eigenvalue weighted by Crippen LogP contribution is 2.38. The number of hydrogen-bond donors (Lipinski definition) is 0. The molecule has 172 valence electrons. The molecule has 0 radical (unpaired) electrons. The quantitative estimate of drug-likeness (QED) is 0.235. The second kappa shape index (κ2) is 7.74. The zero-order valence-corrected chi connectivity index (χ0v) is 19.8. The van der Waals surface area contributed by atoms with Gasteiger partial charge in [-0.2, -0.15) is 0 Å². The van der Waals surface area contributed by atoms with Gasteiger partial charge in [0.15, 0.2) is 0 Å². The van der Waals surface area contributed by atoms with Crippen LogP contribution in [0.15, 0.2) is 126 Å². The molecule has 37 heavy (non-hydrogen) atoms. The summed E-state index contributed by atoms with van der Waals surface area (Å²) in [4.78, 5) is 9.32. The van der Waals surface area contributed by atoms with E-state index in [1.54, 1.807) is 12.4 Å². The summed E-state index contributed by atoms with van der Waals surface area (Å²) in [6.45, 7) is 0. The Morgan fingerprint density at radius 1 is 0.432 bits per heavy atom. The van der Waals surface area contributed by atoms with Gasteiger partial charge in [0.1, 0.15) is 11.2 Å². The average molecular weight is 473 g/mol. The maximum atomic E-state index is 6.27. The van der Waals surface area contributed by atoms with Crippen molar-refractivity contribution < 1.29 is 4.42 Å². The van der Waals surface area contributed by atoms with Gasteiger partial charge in [0.2, 0.25) is 0 Å². The van der Waals surface area contributed by atoms with E-state index in [0.29, 0.717) is 0 Å². The molecule has 0 aliphatic heterocycles. The van der Waals surface area contributed by atoms with Crippen LogP contribution in [0.4, 0.5) is 0 Å². The van der Waals surface area contributed by atoms with E-state index in [1.165, 1.54) is 21.9 Å². The highest BCUT2D eigenvalue weighted by Gasteiger charge is 2.13. The first-order valence-electron chi connectivity index (χ1n) is 12.4. The highest BCUT2D eigenvalue weighted by atomic mass is 16.3. The second-order valence-corrected chi connectivity index (χ2v) is 9.42. The van der Waals surface area contributed by atoms with Crippen LogP contribution in [0.2, 0.25) is 0 Å². The molecule has 8 rings (SSSR count). The van der Waals surface area contributed by atoms with Gasteiger partial charge in [0.25, 0.3) is 0 Å². The number of rotatable bonds is 2. The van der Waals surface area contributed by atoms with Crippen molar-refractivity contribution in [3.63, 3.8) is 0 Å². The van der Waals surface area contributed by atoms with E-state index < -0.39 is 0 Å². The molecule has 0 atom stereocenters. The van der Waals surface area contributed by atoms with Gasteiger partial charge in [-0.1, -0.05) is 97.1 Å². The topological polar surface area (TPSA) is 38.9 Å². The lowest BCUT2D eigenvalue weighted by Crippen LogP contribution is -1.89.